The summed E-state index contributed by atoms with van der Waals surface area (Å²) >= 11 is 0. The summed E-state index contributed by atoms with van der Waals surface area (Å²) < 4.78 is 1.78. The highest BCUT2D eigenvalue weighted by atomic mass is 16.2. The average Bonchev–Trinajstić information content (AvgIpc) is 3.23. The smallest absolute Gasteiger partial charge is 0.272 e. The Hall–Kier alpha value is -2.88. The summed E-state index contributed by atoms with van der Waals surface area (Å²) in [6.45, 7) is 4.19. The predicted octanol–water partition coefficient (Wildman–Crippen LogP) is 4.13. The van der Waals surface area contributed by atoms with Gasteiger partial charge in [0.15, 0.2) is 0 Å². The Morgan fingerprint density at radius 2 is 1.63 bits per heavy atom. The van der Waals surface area contributed by atoms with Gasteiger partial charge in [-0.1, -0.05) is 60.7 Å². The molecular weight excluding hydrogens is 334 g/mol. The Kier molecular flexibility index (Phi) is 4.80. The second kappa shape index (κ2) is 7.39. The van der Waals surface area contributed by atoms with E-state index < -0.39 is 0 Å². The van der Waals surface area contributed by atoms with Gasteiger partial charge in [0, 0.05) is 31.2 Å². The van der Waals surface area contributed by atoms with Crippen LogP contribution in [0.3, 0.4) is 0 Å². The van der Waals surface area contributed by atoms with Crippen LogP contribution in [0.4, 0.5) is 0 Å². The molecule has 0 radical (unpaired) electrons. The number of likely N-dealkylation sites (tertiary alicyclic amines) is 1. The molecule has 1 aromatic heterocycles. The summed E-state index contributed by atoms with van der Waals surface area (Å²) in [6.07, 6.45) is 3.73. The second-order valence-electron chi connectivity index (χ2n) is 7.18. The highest BCUT2D eigenvalue weighted by Crippen LogP contribution is 2.40. The molecule has 138 valence electrons. The third kappa shape index (κ3) is 3.16. The number of carbonyl (C=O) groups is 1. The summed E-state index contributed by atoms with van der Waals surface area (Å²) in [6, 6.07) is 23.1. The molecule has 1 aliphatic rings. The molecule has 1 amide bonds. The topological polar surface area (TPSA) is 38.1 Å². The molecule has 0 unspecified atom stereocenters. The van der Waals surface area contributed by atoms with E-state index in [2.05, 4.69) is 53.6 Å². The van der Waals surface area contributed by atoms with E-state index in [9.17, 15) is 4.79 Å². The number of rotatable bonds is 4. The highest BCUT2D eigenvalue weighted by molar-refractivity contribution is 5.92. The minimum atomic E-state index is -0.173. The summed E-state index contributed by atoms with van der Waals surface area (Å²) in [5, 5.41) is 4.27. The van der Waals surface area contributed by atoms with E-state index in [1.54, 1.807) is 10.9 Å². The Labute approximate surface area is 160 Å². The number of hydrogen-bond donors (Lipinski definition) is 0. The van der Waals surface area contributed by atoms with Gasteiger partial charge in [0.1, 0.15) is 5.69 Å². The molecule has 1 aliphatic heterocycles. The van der Waals surface area contributed by atoms with Gasteiger partial charge in [0.05, 0.1) is 0 Å². The lowest BCUT2D eigenvalue weighted by Crippen LogP contribution is -2.49. The Morgan fingerprint density at radius 1 is 1.00 bits per heavy atom. The van der Waals surface area contributed by atoms with Crippen LogP contribution in [0.15, 0.2) is 72.9 Å². The van der Waals surface area contributed by atoms with Crippen molar-refractivity contribution < 1.29 is 4.79 Å². The quantitative estimate of drug-likeness (QED) is 0.703. The number of nitrogens with zero attached hydrogens (tertiary/aromatic N) is 3. The van der Waals surface area contributed by atoms with Gasteiger partial charge >= 0.3 is 0 Å². The zero-order chi connectivity index (χ0) is 18.7. The van der Waals surface area contributed by atoms with Gasteiger partial charge in [-0.2, -0.15) is 5.10 Å². The average molecular weight is 359 g/mol. The van der Waals surface area contributed by atoms with Crippen molar-refractivity contribution in [2.75, 3.05) is 13.1 Å². The van der Waals surface area contributed by atoms with Crippen molar-refractivity contribution >= 4 is 5.91 Å². The molecule has 0 bridgehead atoms. The maximum atomic E-state index is 13.3. The molecule has 3 aromatic rings. The summed E-state index contributed by atoms with van der Waals surface area (Å²) in [5.41, 5.74) is 3.05. The zero-order valence-corrected chi connectivity index (χ0v) is 15.7. The van der Waals surface area contributed by atoms with E-state index in [0.29, 0.717) is 18.8 Å². The normalized spacial score (nSPS) is 16.3. The Balaban J connectivity index is 1.74. The Morgan fingerprint density at radius 3 is 2.22 bits per heavy atom. The first kappa shape index (κ1) is 17.5. The zero-order valence-electron chi connectivity index (χ0n) is 15.7. The van der Waals surface area contributed by atoms with Gasteiger partial charge in [-0.3, -0.25) is 9.48 Å². The van der Waals surface area contributed by atoms with Crippen LogP contribution < -0.4 is 0 Å². The van der Waals surface area contributed by atoms with Crippen molar-refractivity contribution in [3.8, 4) is 0 Å². The molecule has 27 heavy (non-hydrogen) atoms. The molecule has 0 saturated carbocycles. The predicted molar refractivity (Wildman–Crippen MR) is 107 cm³/mol. The fourth-order valence-electron chi connectivity index (χ4n) is 4.31. The maximum Gasteiger partial charge on any atom is 0.272 e. The molecule has 2 heterocycles. The third-order valence-electron chi connectivity index (χ3n) is 5.67. The number of aryl methyl sites for hydroxylation is 1. The fourth-order valence-corrected chi connectivity index (χ4v) is 4.31. The summed E-state index contributed by atoms with van der Waals surface area (Å²) in [7, 11) is 0. The van der Waals surface area contributed by atoms with E-state index in [1.807, 2.05) is 30.0 Å². The molecule has 0 atom stereocenters. The van der Waals surface area contributed by atoms with E-state index in [0.717, 1.165) is 19.4 Å². The van der Waals surface area contributed by atoms with Crippen molar-refractivity contribution in [3.05, 3.63) is 89.7 Å². The fraction of sp³-hybridized carbons (Fsp3) is 0.304. The third-order valence-corrected chi connectivity index (χ3v) is 5.67. The van der Waals surface area contributed by atoms with Crippen molar-refractivity contribution in [2.24, 2.45) is 0 Å². The van der Waals surface area contributed by atoms with Crippen LogP contribution >= 0.6 is 0 Å². The SMILES string of the molecule is CCn1nccc1C(=O)N1CCCC(c2ccccc2)(c2ccccc2)C1. The van der Waals surface area contributed by atoms with Crippen LogP contribution in [0.25, 0.3) is 0 Å². The van der Waals surface area contributed by atoms with Crippen molar-refractivity contribution in [2.45, 2.75) is 31.7 Å². The molecule has 4 nitrogen and oxygen atoms in total. The highest BCUT2D eigenvalue weighted by Gasteiger charge is 2.40. The summed E-state index contributed by atoms with van der Waals surface area (Å²) in [5.74, 6) is 0.0743. The van der Waals surface area contributed by atoms with Gasteiger partial charge in [0.2, 0.25) is 0 Å². The first-order valence-electron chi connectivity index (χ1n) is 9.67. The molecule has 1 saturated heterocycles. The Bertz CT molecular complexity index is 862. The lowest BCUT2D eigenvalue weighted by molar-refractivity contribution is 0.0654. The van der Waals surface area contributed by atoms with Crippen LogP contribution in [0.2, 0.25) is 0 Å². The molecule has 2 aromatic carbocycles. The number of amides is 1. The standard InChI is InChI=1S/C23H25N3O/c1-2-26-21(14-16-24-26)22(27)25-17-9-15-23(18-25,19-10-5-3-6-11-19)20-12-7-4-8-13-20/h3-8,10-14,16H,2,9,15,17-18H2,1H3. The van der Waals surface area contributed by atoms with E-state index >= 15 is 0 Å². The first-order valence-corrected chi connectivity index (χ1v) is 9.67. The van der Waals surface area contributed by atoms with Crippen LogP contribution in [-0.4, -0.2) is 33.7 Å². The number of hydrogen-bond acceptors (Lipinski definition) is 2. The molecule has 0 spiro atoms. The van der Waals surface area contributed by atoms with Crippen LogP contribution in [-0.2, 0) is 12.0 Å². The second-order valence-corrected chi connectivity index (χ2v) is 7.18. The van der Waals surface area contributed by atoms with Crippen LogP contribution in [0.5, 0.6) is 0 Å². The molecule has 4 rings (SSSR count). The molecular formula is C23H25N3O. The van der Waals surface area contributed by atoms with Gasteiger partial charge in [-0.15, -0.1) is 0 Å². The van der Waals surface area contributed by atoms with Crippen molar-refractivity contribution in [3.63, 3.8) is 0 Å². The minimum Gasteiger partial charge on any atom is -0.336 e. The monoisotopic (exact) mass is 359 g/mol. The largest absolute Gasteiger partial charge is 0.336 e. The number of piperidine rings is 1. The van der Waals surface area contributed by atoms with Crippen molar-refractivity contribution in [1.29, 1.82) is 0 Å². The molecule has 1 fully saturated rings. The number of benzene rings is 2. The van der Waals surface area contributed by atoms with Gasteiger partial charge in [-0.05, 0) is 37.0 Å². The van der Waals surface area contributed by atoms with Gasteiger partial charge < -0.3 is 4.90 Å². The minimum absolute atomic E-state index is 0.0743. The van der Waals surface area contributed by atoms with Gasteiger partial charge in [0.25, 0.3) is 5.91 Å². The molecule has 0 N–H and O–H groups in total. The van der Waals surface area contributed by atoms with Crippen LogP contribution in [0, 0.1) is 0 Å². The molecule has 4 heteroatoms. The lowest BCUT2D eigenvalue weighted by Gasteiger charge is -2.44. The molecule has 0 aliphatic carbocycles. The van der Waals surface area contributed by atoms with Crippen LogP contribution in [0.1, 0.15) is 41.4 Å². The first-order chi connectivity index (χ1) is 13.2. The van der Waals surface area contributed by atoms with E-state index in [-0.39, 0.29) is 11.3 Å². The van der Waals surface area contributed by atoms with E-state index in [4.69, 9.17) is 0 Å². The van der Waals surface area contributed by atoms with E-state index in [1.165, 1.54) is 11.1 Å². The number of carbonyl (C=O) groups excluding carboxylic acids is 1. The van der Waals surface area contributed by atoms with Gasteiger partial charge in [-0.25, -0.2) is 0 Å². The lowest BCUT2D eigenvalue weighted by atomic mass is 9.69. The van der Waals surface area contributed by atoms with Crippen molar-refractivity contribution in [1.82, 2.24) is 14.7 Å². The maximum absolute atomic E-state index is 13.3. The summed E-state index contributed by atoms with van der Waals surface area (Å²) in [4.78, 5) is 15.3. The number of aromatic nitrogens is 2.